The van der Waals surface area contributed by atoms with Gasteiger partial charge in [0, 0.05) is 19.5 Å². The van der Waals surface area contributed by atoms with Gasteiger partial charge in [-0.25, -0.2) is 8.42 Å². The van der Waals surface area contributed by atoms with E-state index >= 15 is 0 Å². The summed E-state index contributed by atoms with van der Waals surface area (Å²) in [5, 5.41) is 9.44. The Morgan fingerprint density at radius 1 is 0.968 bits per heavy atom. The van der Waals surface area contributed by atoms with Crippen LogP contribution in [0.15, 0.2) is 23.1 Å². The Bertz CT molecular complexity index is 843. The molecule has 0 aromatic heterocycles. The van der Waals surface area contributed by atoms with Crippen molar-refractivity contribution in [1.29, 1.82) is 0 Å². The smallest absolute Gasteiger partial charge is 0.303 e. The highest BCUT2D eigenvalue weighted by molar-refractivity contribution is 7.91. The maximum Gasteiger partial charge on any atom is 0.303 e. The molecule has 0 aliphatic rings. The number of hydrogen-bond acceptors (Lipinski definition) is 4. The van der Waals surface area contributed by atoms with Gasteiger partial charge in [-0.1, -0.05) is 50.9 Å². The minimum atomic E-state index is -3.87. The third kappa shape index (κ3) is 9.79. The lowest BCUT2D eigenvalue weighted by molar-refractivity contribution is -0.138. The third-order valence-electron chi connectivity index (χ3n) is 4.99. The Labute approximate surface area is 195 Å². The van der Waals surface area contributed by atoms with Crippen molar-refractivity contribution in [3.63, 3.8) is 0 Å². The first-order valence-electron chi connectivity index (χ1n) is 10.5. The first kappa shape index (κ1) is 27.7. The summed E-state index contributed by atoms with van der Waals surface area (Å²) in [5.41, 5.74) is 0. The Balaban J connectivity index is 3.16. The summed E-state index contributed by atoms with van der Waals surface area (Å²) < 4.78 is 26.0. The number of sulfone groups is 1. The fraction of sp³-hybridized carbons (Fsp3) is 0.636. The number of amides is 1. The number of benzene rings is 1. The van der Waals surface area contributed by atoms with Crippen LogP contribution in [-0.2, 0) is 19.4 Å². The summed E-state index contributed by atoms with van der Waals surface area (Å²) in [6.45, 7) is 9.26. The van der Waals surface area contributed by atoms with Crippen molar-refractivity contribution in [3.8, 4) is 0 Å². The van der Waals surface area contributed by atoms with Crippen molar-refractivity contribution < 1.29 is 23.1 Å². The van der Waals surface area contributed by atoms with E-state index < -0.39 is 27.5 Å². The van der Waals surface area contributed by atoms with Gasteiger partial charge in [0.05, 0.1) is 26.6 Å². The van der Waals surface area contributed by atoms with E-state index in [0.717, 1.165) is 12.8 Å². The first-order chi connectivity index (χ1) is 14.3. The molecule has 6 nitrogen and oxygen atoms in total. The van der Waals surface area contributed by atoms with Crippen LogP contribution in [0.3, 0.4) is 0 Å². The highest BCUT2D eigenvalue weighted by Gasteiger charge is 2.31. The van der Waals surface area contributed by atoms with Gasteiger partial charge in [0.25, 0.3) is 0 Å². The molecule has 0 heterocycles. The Kier molecular flexibility index (Phi) is 11.3. The van der Waals surface area contributed by atoms with Crippen molar-refractivity contribution in [3.05, 3.63) is 28.2 Å². The standard InChI is InChI=1S/C22H33Cl2NO5S/c1-15(2)9-11-25(12-10-16(3)4)22(28)17(5-8-21(26)27)14-31(29,30)18-6-7-19(23)20(24)13-18/h6-7,13,15-17H,5,8-12,14H2,1-4H3,(H,26,27). The molecule has 1 aromatic rings. The largest absolute Gasteiger partial charge is 0.481 e. The molecule has 1 amide bonds. The molecule has 1 aromatic carbocycles. The molecule has 0 fully saturated rings. The van der Waals surface area contributed by atoms with Crippen LogP contribution in [-0.4, -0.2) is 49.1 Å². The lowest BCUT2D eigenvalue weighted by Crippen LogP contribution is -2.41. The van der Waals surface area contributed by atoms with E-state index in [1.54, 1.807) is 4.90 Å². The topological polar surface area (TPSA) is 91.8 Å². The molecule has 0 saturated heterocycles. The zero-order chi connectivity index (χ0) is 23.8. The highest BCUT2D eigenvalue weighted by atomic mass is 35.5. The lowest BCUT2D eigenvalue weighted by atomic mass is 10.0. The summed E-state index contributed by atoms with van der Waals surface area (Å²) in [7, 11) is -3.87. The average Bonchev–Trinajstić information content (AvgIpc) is 2.66. The van der Waals surface area contributed by atoms with Crippen LogP contribution < -0.4 is 0 Å². The van der Waals surface area contributed by atoms with Crippen molar-refractivity contribution in [2.24, 2.45) is 17.8 Å². The van der Waals surface area contributed by atoms with Crippen LogP contribution in [0, 0.1) is 17.8 Å². The lowest BCUT2D eigenvalue weighted by Gasteiger charge is -2.28. The molecule has 0 saturated carbocycles. The minimum absolute atomic E-state index is 0.0362. The summed E-state index contributed by atoms with van der Waals surface area (Å²) >= 11 is 11.8. The highest BCUT2D eigenvalue weighted by Crippen LogP contribution is 2.27. The molecule has 1 atom stereocenters. The SMILES string of the molecule is CC(C)CCN(CCC(C)C)C(=O)C(CCC(=O)O)CS(=O)(=O)c1ccc(Cl)c(Cl)c1. The number of carbonyl (C=O) groups is 2. The number of nitrogens with zero attached hydrogens (tertiary/aromatic N) is 1. The van der Waals surface area contributed by atoms with Gasteiger partial charge in [-0.05, 0) is 49.3 Å². The Morgan fingerprint density at radius 2 is 1.52 bits per heavy atom. The summed E-state index contributed by atoms with van der Waals surface area (Å²) in [6.07, 6.45) is 1.24. The van der Waals surface area contributed by atoms with Crippen LogP contribution >= 0.6 is 23.2 Å². The molecule has 176 valence electrons. The number of carboxylic acids is 1. The molecule has 0 bridgehead atoms. The number of aliphatic carboxylic acids is 1. The Hall–Kier alpha value is -1.31. The fourth-order valence-electron chi connectivity index (χ4n) is 3.03. The van der Waals surface area contributed by atoms with E-state index in [4.69, 9.17) is 28.3 Å². The van der Waals surface area contributed by atoms with Gasteiger partial charge in [-0.15, -0.1) is 0 Å². The molecule has 0 aliphatic heterocycles. The number of rotatable bonds is 13. The zero-order valence-electron chi connectivity index (χ0n) is 18.6. The molecule has 1 rings (SSSR count). The zero-order valence-corrected chi connectivity index (χ0v) is 20.9. The third-order valence-corrected chi connectivity index (χ3v) is 7.54. The Morgan fingerprint density at radius 3 is 1.97 bits per heavy atom. The van der Waals surface area contributed by atoms with Crippen molar-refractivity contribution >= 4 is 44.9 Å². The van der Waals surface area contributed by atoms with Crippen molar-refractivity contribution in [2.75, 3.05) is 18.8 Å². The second kappa shape index (κ2) is 12.7. The quantitative estimate of drug-likeness (QED) is 0.409. The van der Waals surface area contributed by atoms with Crippen LogP contribution in [0.25, 0.3) is 0 Å². The molecule has 9 heteroatoms. The number of hydrogen-bond donors (Lipinski definition) is 1. The molecule has 0 aliphatic carbocycles. The van der Waals surface area contributed by atoms with Gasteiger partial charge in [0.1, 0.15) is 0 Å². The van der Waals surface area contributed by atoms with Crippen molar-refractivity contribution in [2.45, 2.75) is 58.3 Å². The van der Waals surface area contributed by atoms with Crippen LogP contribution in [0.4, 0.5) is 0 Å². The maximum atomic E-state index is 13.3. The molecular formula is C22H33Cl2NO5S. The molecule has 31 heavy (non-hydrogen) atoms. The van der Waals surface area contributed by atoms with E-state index in [9.17, 15) is 18.0 Å². The van der Waals surface area contributed by atoms with E-state index in [2.05, 4.69) is 27.7 Å². The average molecular weight is 494 g/mol. The normalized spacial score (nSPS) is 12.9. The van der Waals surface area contributed by atoms with Gasteiger partial charge in [0.2, 0.25) is 5.91 Å². The first-order valence-corrected chi connectivity index (χ1v) is 12.9. The second-order valence-corrected chi connectivity index (χ2v) is 11.5. The van der Waals surface area contributed by atoms with E-state index in [-0.39, 0.29) is 33.7 Å². The molecule has 0 spiro atoms. The van der Waals surface area contributed by atoms with Gasteiger partial charge >= 0.3 is 5.97 Å². The predicted molar refractivity (Wildman–Crippen MR) is 124 cm³/mol. The van der Waals surface area contributed by atoms with Crippen LogP contribution in [0.5, 0.6) is 0 Å². The van der Waals surface area contributed by atoms with Crippen molar-refractivity contribution in [1.82, 2.24) is 4.90 Å². The maximum absolute atomic E-state index is 13.3. The summed E-state index contributed by atoms with van der Waals surface area (Å²) in [5.74, 6) is -2.04. The number of halogens is 2. The van der Waals surface area contributed by atoms with Crippen LogP contribution in [0.1, 0.15) is 53.4 Å². The fourth-order valence-corrected chi connectivity index (χ4v) is 4.99. The number of carboxylic acid groups (broad SMARTS) is 1. The van der Waals surface area contributed by atoms with Gasteiger partial charge in [0.15, 0.2) is 9.84 Å². The van der Waals surface area contributed by atoms with E-state index in [0.29, 0.717) is 24.9 Å². The summed E-state index contributed by atoms with van der Waals surface area (Å²) in [4.78, 5) is 26.1. The summed E-state index contributed by atoms with van der Waals surface area (Å²) in [6, 6.07) is 3.99. The van der Waals surface area contributed by atoms with Gasteiger partial charge in [-0.3, -0.25) is 9.59 Å². The van der Waals surface area contributed by atoms with Gasteiger partial charge < -0.3 is 10.0 Å². The van der Waals surface area contributed by atoms with E-state index in [1.165, 1.54) is 18.2 Å². The second-order valence-electron chi connectivity index (χ2n) is 8.68. The van der Waals surface area contributed by atoms with E-state index in [1.807, 2.05) is 0 Å². The molecule has 1 unspecified atom stereocenters. The molecule has 1 N–H and O–H groups in total. The number of carbonyl (C=O) groups excluding carboxylic acids is 1. The van der Waals surface area contributed by atoms with Gasteiger partial charge in [-0.2, -0.15) is 0 Å². The molecular weight excluding hydrogens is 461 g/mol. The molecule has 0 radical (unpaired) electrons. The monoisotopic (exact) mass is 493 g/mol. The minimum Gasteiger partial charge on any atom is -0.481 e. The van der Waals surface area contributed by atoms with Crippen LogP contribution in [0.2, 0.25) is 10.0 Å². The predicted octanol–water partition coefficient (Wildman–Crippen LogP) is 5.17.